The van der Waals surface area contributed by atoms with Gasteiger partial charge in [0.1, 0.15) is 12.4 Å². The molecule has 4 heteroatoms. The number of ether oxygens (including phenoxy) is 1. The van der Waals surface area contributed by atoms with Crippen molar-refractivity contribution in [3.8, 4) is 5.75 Å². The van der Waals surface area contributed by atoms with E-state index in [1.165, 1.54) is 0 Å². The van der Waals surface area contributed by atoms with Crippen LogP contribution in [0.4, 0.5) is 0 Å². The van der Waals surface area contributed by atoms with Crippen LogP contribution in [0, 0.1) is 0 Å². The number of fused-ring (bicyclic) bond motifs is 1. The van der Waals surface area contributed by atoms with Crippen molar-refractivity contribution in [1.29, 1.82) is 0 Å². The van der Waals surface area contributed by atoms with Crippen molar-refractivity contribution in [1.82, 2.24) is 0 Å². The number of carbonyl (C=O) groups excluding carboxylic acids is 1. The van der Waals surface area contributed by atoms with Crippen molar-refractivity contribution in [3.05, 3.63) is 62.8 Å². The lowest BCUT2D eigenvalue weighted by molar-refractivity contribution is 0.101. The summed E-state index contributed by atoms with van der Waals surface area (Å²) < 4.78 is 7.03. The number of carbonyl (C=O) groups is 1. The Morgan fingerprint density at radius 3 is 2.76 bits per heavy atom. The number of Topliss-reactive ketones (excluding diaryl/α,β-unsaturated/α-hetero) is 1. The molecule has 0 aliphatic carbocycles. The van der Waals surface area contributed by atoms with Crippen molar-refractivity contribution in [2.24, 2.45) is 0 Å². The van der Waals surface area contributed by atoms with Gasteiger partial charge in [-0.05, 0) is 40.4 Å². The fourth-order valence-electron chi connectivity index (χ4n) is 2.25. The summed E-state index contributed by atoms with van der Waals surface area (Å²) in [5, 5.41) is 4.07. The topological polar surface area (TPSA) is 26.3 Å². The van der Waals surface area contributed by atoms with Gasteiger partial charge in [0, 0.05) is 20.1 Å². The maximum absolute atomic E-state index is 11.8. The summed E-state index contributed by atoms with van der Waals surface area (Å²) in [6, 6.07) is 13.8. The van der Waals surface area contributed by atoms with Crippen molar-refractivity contribution < 1.29 is 9.53 Å². The Labute approximate surface area is 135 Å². The van der Waals surface area contributed by atoms with Gasteiger partial charge in [0.05, 0.1) is 5.56 Å². The average molecular weight is 361 g/mol. The Bertz CT molecular complexity index is 807. The Hall–Kier alpha value is -1.65. The average Bonchev–Trinajstić information content (AvgIpc) is 2.90. The van der Waals surface area contributed by atoms with E-state index in [1.54, 1.807) is 18.3 Å². The Morgan fingerprint density at radius 2 is 2.05 bits per heavy atom. The van der Waals surface area contributed by atoms with Crippen LogP contribution < -0.4 is 4.74 Å². The molecular formula is C17H13BrO2S. The van der Waals surface area contributed by atoms with Gasteiger partial charge in [-0.15, -0.1) is 11.3 Å². The lowest BCUT2D eigenvalue weighted by atomic mass is 10.0. The SMILES string of the molecule is CC(=O)c1ccc2ccccc2c1OCc1cc(Br)cs1. The van der Waals surface area contributed by atoms with Crippen molar-refractivity contribution in [2.45, 2.75) is 13.5 Å². The second kappa shape index (κ2) is 6.00. The molecule has 3 aromatic rings. The molecule has 0 amide bonds. The zero-order valence-corrected chi connectivity index (χ0v) is 13.8. The molecule has 0 unspecified atom stereocenters. The third kappa shape index (κ3) is 3.01. The molecule has 0 saturated carbocycles. The van der Waals surface area contributed by atoms with Crippen LogP contribution in [0.3, 0.4) is 0 Å². The molecule has 2 nitrogen and oxygen atoms in total. The van der Waals surface area contributed by atoms with Crippen LogP contribution in [-0.2, 0) is 6.61 Å². The van der Waals surface area contributed by atoms with Crippen molar-refractivity contribution in [2.75, 3.05) is 0 Å². The first kappa shape index (κ1) is 14.3. The molecule has 1 heterocycles. The molecule has 106 valence electrons. The smallest absolute Gasteiger partial charge is 0.163 e. The zero-order valence-electron chi connectivity index (χ0n) is 11.4. The van der Waals surface area contributed by atoms with E-state index in [0.717, 1.165) is 20.1 Å². The predicted molar refractivity (Wildman–Crippen MR) is 90.3 cm³/mol. The first-order valence-corrected chi connectivity index (χ1v) is 8.21. The highest BCUT2D eigenvalue weighted by Gasteiger charge is 2.13. The van der Waals surface area contributed by atoms with Crippen molar-refractivity contribution >= 4 is 43.8 Å². The monoisotopic (exact) mass is 360 g/mol. The third-order valence-electron chi connectivity index (χ3n) is 3.24. The van der Waals surface area contributed by atoms with Crippen molar-refractivity contribution in [3.63, 3.8) is 0 Å². The molecular weight excluding hydrogens is 348 g/mol. The van der Waals surface area contributed by atoms with E-state index in [1.807, 2.05) is 47.8 Å². The van der Waals surface area contributed by atoms with E-state index >= 15 is 0 Å². The molecule has 0 bridgehead atoms. The van der Waals surface area contributed by atoms with Gasteiger partial charge in [0.2, 0.25) is 0 Å². The summed E-state index contributed by atoms with van der Waals surface area (Å²) in [6.07, 6.45) is 0. The summed E-state index contributed by atoms with van der Waals surface area (Å²) in [4.78, 5) is 13.0. The molecule has 0 N–H and O–H groups in total. The highest BCUT2D eigenvalue weighted by Crippen LogP contribution is 2.31. The molecule has 0 aliphatic heterocycles. The van der Waals surface area contributed by atoms with Gasteiger partial charge in [0.25, 0.3) is 0 Å². The molecule has 0 atom stereocenters. The molecule has 0 spiro atoms. The van der Waals surface area contributed by atoms with E-state index < -0.39 is 0 Å². The Kier molecular flexibility index (Phi) is 4.08. The minimum Gasteiger partial charge on any atom is -0.487 e. The number of thiophene rings is 1. The van der Waals surface area contributed by atoms with Crippen LogP contribution >= 0.6 is 27.3 Å². The minimum absolute atomic E-state index is 0.0168. The molecule has 0 aliphatic rings. The number of halogens is 1. The van der Waals surface area contributed by atoms with Gasteiger partial charge in [-0.2, -0.15) is 0 Å². The summed E-state index contributed by atoms with van der Waals surface area (Å²) in [5.41, 5.74) is 0.629. The molecule has 0 saturated heterocycles. The Morgan fingerprint density at radius 1 is 1.24 bits per heavy atom. The van der Waals surface area contributed by atoms with Crippen LogP contribution in [0.1, 0.15) is 22.2 Å². The number of hydrogen-bond donors (Lipinski definition) is 0. The largest absolute Gasteiger partial charge is 0.487 e. The molecule has 1 aromatic heterocycles. The second-order valence-electron chi connectivity index (χ2n) is 4.74. The van der Waals surface area contributed by atoms with Gasteiger partial charge >= 0.3 is 0 Å². The van der Waals surface area contributed by atoms with E-state index in [0.29, 0.717) is 17.9 Å². The molecule has 0 fully saturated rings. The highest BCUT2D eigenvalue weighted by molar-refractivity contribution is 9.10. The maximum atomic E-state index is 11.8. The van der Waals surface area contributed by atoms with Gasteiger partial charge in [-0.1, -0.05) is 30.3 Å². The van der Waals surface area contributed by atoms with Crippen LogP contribution in [0.25, 0.3) is 10.8 Å². The molecule has 0 radical (unpaired) electrons. The quantitative estimate of drug-likeness (QED) is 0.578. The summed E-state index contributed by atoms with van der Waals surface area (Å²) in [7, 11) is 0. The number of hydrogen-bond acceptors (Lipinski definition) is 3. The maximum Gasteiger partial charge on any atom is 0.163 e. The lowest BCUT2D eigenvalue weighted by Gasteiger charge is -2.12. The lowest BCUT2D eigenvalue weighted by Crippen LogP contribution is -2.01. The summed E-state index contributed by atoms with van der Waals surface area (Å²) in [5.74, 6) is 0.688. The normalized spacial score (nSPS) is 10.8. The van der Waals surface area contributed by atoms with Gasteiger partial charge in [-0.3, -0.25) is 4.79 Å². The van der Waals surface area contributed by atoms with E-state index in [-0.39, 0.29) is 5.78 Å². The summed E-state index contributed by atoms with van der Waals surface area (Å²) >= 11 is 5.07. The number of ketones is 1. The number of rotatable bonds is 4. The van der Waals surface area contributed by atoms with E-state index in [2.05, 4.69) is 15.9 Å². The standard InChI is InChI=1S/C17H13BrO2S/c1-11(19)15-7-6-12-4-2-3-5-16(12)17(15)20-9-14-8-13(18)10-21-14/h2-8,10H,9H2,1H3. The van der Waals surface area contributed by atoms with E-state index in [9.17, 15) is 4.79 Å². The van der Waals surface area contributed by atoms with Crippen LogP contribution in [-0.4, -0.2) is 5.78 Å². The fraction of sp³-hybridized carbons (Fsp3) is 0.118. The van der Waals surface area contributed by atoms with E-state index in [4.69, 9.17) is 4.74 Å². The van der Waals surface area contributed by atoms with Crippen LogP contribution in [0.5, 0.6) is 5.75 Å². The minimum atomic E-state index is 0.0168. The predicted octanol–water partition coefficient (Wildman–Crippen LogP) is 5.45. The van der Waals surface area contributed by atoms with Gasteiger partial charge in [-0.25, -0.2) is 0 Å². The first-order valence-electron chi connectivity index (χ1n) is 6.53. The molecule has 2 aromatic carbocycles. The fourth-order valence-corrected chi connectivity index (χ4v) is 3.61. The summed E-state index contributed by atoms with van der Waals surface area (Å²) in [6.45, 7) is 2.03. The third-order valence-corrected chi connectivity index (χ3v) is 4.91. The highest BCUT2D eigenvalue weighted by atomic mass is 79.9. The van der Waals surface area contributed by atoms with Crippen LogP contribution in [0.2, 0.25) is 0 Å². The molecule has 3 rings (SSSR count). The first-order chi connectivity index (χ1) is 10.1. The van der Waals surface area contributed by atoms with Gasteiger partial charge < -0.3 is 4.74 Å². The Balaban J connectivity index is 2.01. The second-order valence-corrected chi connectivity index (χ2v) is 6.65. The zero-order chi connectivity index (χ0) is 14.8. The number of benzene rings is 2. The van der Waals surface area contributed by atoms with Crippen LogP contribution in [0.15, 0.2) is 52.3 Å². The molecule has 21 heavy (non-hydrogen) atoms. The van der Waals surface area contributed by atoms with Gasteiger partial charge in [0.15, 0.2) is 5.78 Å².